The molecule has 0 saturated carbocycles. The van der Waals surface area contributed by atoms with E-state index in [1.54, 1.807) is 6.92 Å². The van der Waals surface area contributed by atoms with E-state index in [2.05, 4.69) is 0 Å². The minimum Gasteiger partial charge on any atom is -0.755 e. The Morgan fingerprint density at radius 1 is 1.57 bits per heavy atom. The first-order chi connectivity index (χ1) is 6.54. The van der Waals surface area contributed by atoms with E-state index >= 15 is 0 Å². The zero-order chi connectivity index (χ0) is 10.7. The van der Waals surface area contributed by atoms with E-state index in [0.29, 0.717) is 0 Å². The summed E-state index contributed by atoms with van der Waals surface area (Å²) in [6.45, 7) is 1.88. The van der Waals surface area contributed by atoms with Gasteiger partial charge < -0.3 is 8.86 Å². The van der Waals surface area contributed by atoms with Gasteiger partial charge in [-0.3, -0.25) is 4.21 Å². The summed E-state index contributed by atoms with van der Waals surface area (Å²) < 4.78 is 35.3. The van der Waals surface area contributed by atoms with Gasteiger partial charge in [-0.25, -0.2) is 4.39 Å². The molecular weight excluding hydrogens is 229 g/mol. The van der Waals surface area contributed by atoms with Crippen molar-refractivity contribution >= 4 is 28.6 Å². The zero-order valence-corrected chi connectivity index (χ0v) is 8.94. The summed E-state index contributed by atoms with van der Waals surface area (Å²) in [5.74, 6) is -0.559. The largest absolute Gasteiger partial charge is 0.755 e. The molecule has 6 heteroatoms. The lowest BCUT2D eigenvalue weighted by Gasteiger charge is -2.24. The van der Waals surface area contributed by atoms with Gasteiger partial charge in [-0.15, -0.1) is 0 Å². The van der Waals surface area contributed by atoms with Crippen molar-refractivity contribution < 1.29 is 13.2 Å². The molecule has 1 aromatic carbocycles. The Kier molecular flexibility index (Phi) is 3.86. The molecule has 0 fully saturated rings. The van der Waals surface area contributed by atoms with Crippen LogP contribution in [0.4, 0.5) is 10.1 Å². The highest BCUT2D eigenvalue weighted by molar-refractivity contribution is 7.80. The normalized spacial score (nSPS) is 12.6. The van der Waals surface area contributed by atoms with Gasteiger partial charge in [0.1, 0.15) is 5.82 Å². The lowest BCUT2D eigenvalue weighted by atomic mass is 10.3. The van der Waals surface area contributed by atoms with Crippen molar-refractivity contribution in [3.63, 3.8) is 0 Å². The lowest BCUT2D eigenvalue weighted by molar-refractivity contribution is 0.533. The second kappa shape index (κ2) is 4.72. The predicted octanol–water partition coefficient (Wildman–Crippen LogP) is 2.10. The van der Waals surface area contributed by atoms with Crippen LogP contribution in [0.2, 0.25) is 5.02 Å². The predicted molar refractivity (Wildman–Crippen MR) is 53.3 cm³/mol. The Labute approximate surface area is 88.9 Å². The summed E-state index contributed by atoms with van der Waals surface area (Å²) in [4.78, 5) is 0. The number of hydrogen-bond acceptors (Lipinski definition) is 2. The van der Waals surface area contributed by atoms with Crippen LogP contribution >= 0.6 is 11.6 Å². The molecule has 0 aliphatic rings. The van der Waals surface area contributed by atoms with Crippen LogP contribution in [-0.2, 0) is 11.3 Å². The standard InChI is InChI=1S/C8H9ClFNO2S/c1-2-11(14(12)13)8-4-6(9)3-7(10)5-8/h3-5H,2H2,1H3,(H,12,13)/p-1. The van der Waals surface area contributed by atoms with Crippen LogP contribution in [-0.4, -0.2) is 15.3 Å². The topological polar surface area (TPSA) is 43.4 Å². The minimum atomic E-state index is -2.41. The Morgan fingerprint density at radius 3 is 2.64 bits per heavy atom. The molecule has 0 aliphatic carbocycles. The Morgan fingerprint density at radius 2 is 2.21 bits per heavy atom. The summed E-state index contributed by atoms with van der Waals surface area (Å²) in [6, 6.07) is 3.63. The van der Waals surface area contributed by atoms with Gasteiger partial charge in [-0.05, 0) is 25.1 Å². The molecule has 0 aromatic heterocycles. The van der Waals surface area contributed by atoms with Gasteiger partial charge in [0.25, 0.3) is 0 Å². The van der Waals surface area contributed by atoms with E-state index in [-0.39, 0.29) is 17.3 Å². The molecule has 0 heterocycles. The number of nitrogens with zero attached hydrogens (tertiary/aromatic N) is 1. The molecule has 0 spiro atoms. The van der Waals surface area contributed by atoms with Crippen LogP contribution in [0, 0.1) is 5.82 Å². The lowest BCUT2D eigenvalue weighted by Crippen LogP contribution is -2.24. The maximum atomic E-state index is 12.9. The number of anilines is 1. The molecule has 0 N–H and O–H groups in total. The molecule has 1 aromatic rings. The summed E-state index contributed by atoms with van der Waals surface area (Å²) in [6.07, 6.45) is 0. The van der Waals surface area contributed by atoms with Crippen LogP contribution in [0.25, 0.3) is 0 Å². The second-order valence-corrected chi connectivity index (χ2v) is 3.85. The number of hydrogen-bond donors (Lipinski definition) is 0. The number of benzene rings is 1. The minimum absolute atomic E-state index is 0.170. The Bertz CT molecular complexity index is 341. The maximum absolute atomic E-state index is 12.9. The van der Waals surface area contributed by atoms with Gasteiger partial charge in [-0.2, -0.15) is 0 Å². The van der Waals surface area contributed by atoms with Crippen molar-refractivity contribution in [1.29, 1.82) is 0 Å². The smallest absolute Gasteiger partial charge is 0.126 e. The Hall–Kier alpha value is -0.650. The maximum Gasteiger partial charge on any atom is 0.126 e. The molecule has 0 amide bonds. The monoisotopic (exact) mass is 236 g/mol. The van der Waals surface area contributed by atoms with E-state index in [0.717, 1.165) is 16.4 Å². The molecule has 1 rings (SSSR count). The van der Waals surface area contributed by atoms with E-state index in [4.69, 9.17) is 11.6 Å². The van der Waals surface area contributed by atoms with Crippen molar-refractivity contribution in [3.05, 3.63) is 29.0 Å². The van der Waals surface area contributed by atoms with Crippen LogP contribution in [0.1, 0.15) is 6.92 Å². The highest BCUT2D eigenvalue weighted by Crippen LogP contribution is 2.22. The van der Waals surface area contributed by atoms with E-state index in [9.17, 15) is 13.2 Å². The van der Waals surface area contributed by atoms with Crippen LogP contribution in [0.3, 0.4) is 0 Å². The average Bonchev–Trinajstić information content (AvgIpc) is 2.02. The fourth-order valence-corrected chi connectivity index (χ4v) is 1.76. The third-order valence-corrected chi connectivity index (χ3v) is 2.65. The number of rotatable bonds is 3. The van der Waals surface area contributed by atoms with Crippen molar-refractivity contribution in [1.82, 2.24) is 0 Å². The fraction of sp³-hybridized carbons (Fsp3) is 0.250. The number of halogens is 2. The van der Waals surface area contributed by atoms with E-state index in [1.807, 2.05) is 0 Å². The van der Waals surface area contributed by atoms with Crippen LogP contribution in [0.5, 0.6) is 0 Å². The molecule has 78 valence electrons. The van der Waals surface area contributed by atoms with Crippen molar-refractivity contribution in [2.24, 2.45) is 0 Å². The van der Waals surface area contributed by atoms with Crippen molar-refractivity contribution in [2.75, 3.05) is 10.8 Å². The molecular formula is C8H8ClFNO2S-. The molecule has 0 bridgehead atoms. The Balaban J connectivity index is 3.10. The average molecular weight is 237 g/mol. The van der Waals surface area contributed by atoms with Gasteiger partial charge >= 0.3 is 0 Å². The summed E-state index contributed by atoms with van der Waals surface area (Å²) >= 11 is 3.18. The van der Waals surface area contributed by atoms with Gasteiger partial charge in [0.2, 0.25) is 0 Å². The second-order valence-electron chi connectivity index (χ2n) is 2.54. The van der Waals surface area contributed by atoms with Crippen LogP contribution in [0.15, 0.2) is 18.2 Å². The van der Waals surface area contributed by atoms with Gasteiger partial charge in [0, 0.05) is 22.8 Å². The molecule has 1 unspecified atom stereocenters. The first-order valence-electron chi connectivity index (χ1n) is 3.87. The molecule has 1 atom stereocenters. The van der Waals surface area contributed by atoms with Gasteiger partial charge in [0.05, 0.1) is 5.69 Å². The van der Waals surface area contributed by atoms with Gasteiger partial charge in [-0.1, -0.05) is 11.6 Å². The molecule has 0 radical (unpaired) electrons. The molecule has 0 aliphatic heterocycles. The molecule has 3 nitrogen and oxygen atoms in total. The van der Waals surface area contributed by atoms with Crippen molar-refractivity contribution in [2.45, 2.75) is 6.92 Å². The fourth-order valence-electron chi connectivity index (χ4n) is 1.06. The van der Waals surface area contributed by atoms with Crippen molar-refractivity contribution in [3.8, 4) is 0 Å². The zero-order valence-electron chi connectivity index (χ0n) is 7.37. The van der Waals surface area contributed by atoms with Crippen LogP contribution < -0.4 is 4.31 Å². The SMILES string of the molecule is CCN(c1cc(F)cc(Cl)c1)S(=O)[O-]. The summed E-state index contributed by atoms with van der Waals surface area (Å²) in [5.41, 5.74) is 0.228. The molecule has 14 heavy (non-hydrogen) atoms. The quantitative estimate of drug-likeness (QED) is 0.755. The van der Waals surface area contributed by atoms with E-state index in [1.165, 1.54) is 6.07 Å². The highest BCUT2D eigenvalue weighted by Gasteiger charge is 2.07. The van der Waals surface area contributed by atoms with Gasteiger partial charge in [0.15, 0.2) is 0 Å². The summed E-state index contributed by atoms with van der Waals surface area (Å²) in [7, 11) is 0. The summed E-state index contributed by atoms with van der Waals surface area (Å²) in [5, 5.41) is 0.170. The third kappa shape index (κ3) is 2.67. The highest BCUT2D eigenvalue weighted by atomic mass is 35.5. The molecule has 0 saturated heterocycles. The first-order valence-corrected chi connectivity index (χ1v) is 5.28. The first kappa shape index (κ1) is 11.4. The van der Waals surface area contributed by atoms with E-state index < -0.39 is 17.1 Å². The third-order valence-electron chi connectivity index (χ3n) is 1.60.